The monoisotopic (exact) mass is 384 g/mol. The van der Waals surface area contributed by atoms with E-state index in [0.29, 0.717) is 22.9 Å². The summed E-state index contributed by atoms with van der Waals surface area (Å²) in [5.41, 5.74) is 3.59. The fraction of sp³-hybridized carbons (Fsp3) is 0.286. The van der Waals surface area contributed by atoms with Crippen molar-refractivity contribution in [2.45, 2.75) is 33.6 Å². The van der Waals surface area contributed by atoms with Crippen LogP contribution in [0.15, 0.2) is 42.5 Å². The molecule has 0 aliphatic rings. The molecular weight excluding hydrogens is 360 g/mol. The molecule has 27 heavy (non-hydrogen) atoms. The third kappa shape index (κ3) is 6.18. The summed E-state index contributed by atoms with van der Waals surface area (Å²) in [7, 11) is 0. The maximum Gasteiger partial charge on any atom is 0.264 e. The molecule has 1 amide bonds. The number of aryl methyl sites for hydroxylation is 1. The molecule has 0 atom stereocenters. The molecule has 0 heterocycles. The highest BCUT2D eigenvalue weighted by Crippen LogP contribution is 2.23. The van der Waals surface area contributed by atoms with Crippen molar-refractivity contribution in [3.8, 4) is 5.75 Å². The summed E-state index contributed by atoms with van der Waals surface area (Å²) in [5.74, 6) is 0.675. The van der Waals surface area contributed by atoms with Gasteiger partial charge >= 0.3 is 0 Å². The Balaban J connectivity index is 1.86. The van der Waals surface area contributed by atoms with Gasteiger partial charge in [0.25, 0.3) is 5.91 Å². The van der Waals surface area contributed by atoms with Gasteiger partial charge in [0.15, 0.2) is 17.5 Å². The highest BCUT2D eigenvalue weighted by molar-refractivity contribution is 7.80. The number of Topliss-reactive ketones (excluding diaryl/α,β-unsaturated/α-hetero) is 1. The van der Waals surface area contributed by atoms with Crippen LogP contribution in [0.1, 0.15) is 48.2 Å². The van der Waals surface area contributed by atoms with Gasteiger partial charge in [0, 0.05) is 11.3 Å². The minimum Gasteiger partial charge on any atom is -0.484 e. The number of carbonyl (C=O) groups is 2. The lowest BCUT2D eigenvalue weighted by molar-refractivity contribution is -0.121. The molecule has 0 saturated carbocycles. The highest BCUT2D eigenvalue weighted by Gasteiger charge is 2.09. The van der Waals surface area contributed by atoms with E-state index in [9.17, 15) is 9.59 Å². The van der Waals surface area contributed by atoms with Gasteiger partial charge in [0.1, 0.15) is 5.75 Å². The summed E-state index contributed by atoms with van der Waals surface area (Å²) in [6.45, 7) is 7.64. The largest absolute Gasteiger partial charge is 0.484 e. The Morgan fingerprint density at radius 3 is 2.52 bits per heavy atom. The Labute approximate surface area is 165 Å². The molecule has 0 fully saturated rings. The summed E-state index contributed by atoms with van der Waals surface area (Å²) in [6, 6.07) is 12.7. The molecule has 5 nitrogen and oxygen atoms in total. The van der Waals surface area contributed by atoms with Gasteiger partial charge in [-0.15, -0.1) is 0 Å². The number of benzene rings is 2. The Bertz CT molecular complexity index is 862. The van der Waals surface area contributed by atoms with Crippen LogP contribution in [-0.2, 0) is 4.79 Å². The molecule has 0 aliphatic carbocycles. The molecule has 6 heteroatoms. The van der Waals surface area contributed by atoms with Crippen LogP contribution in [0.5, 0.6) is 5.75 Å². The Morgan fingerprint density at radius 1 is 1.15 bits per heavy atom. The van der Waals surface area contributed by atoms with Gasteiger partial charge in [-0.1, -0.05) is 32.0 Å². The number of hydrogen-bond acceptors (Lipinski definition) is 4. The molecule has 2 rings (SSSR count). The number of carbonyl (C=O) groups excluding carboxylic acids is 2. The van der Waals surface area contributed by atoms with Gasteiger partial charge in [-0.2, -0.15) is 0 Å². The highest BCUT2D eigenvalue weighted by atomic mass is 32.1. The van der Waals surface area contributed by atoms with Crippen LogP contribution < -0.4 is 15.4 Å². The minimum absolute atomic E-state index is 0.0409. The molecule has 0 spiro atoms. The summed E-state index contributed by atoms with van der Waals surface area (Å²) < 4.78 is 5.54. The standard InChI is InChI=1S/C21H24N2O3S/c1-13(2)19-9-8-18(10-14(19)3)26-12-20(25)23-21(27)22-17-7-5-6-16(11-17)15(4)24/h5-11,13H,12H2,1-4H3,(H2,22,23,25,27). The van der Waals surface area contributed by atoms with Crippen molar-refractivity contribution < 1.29 is 14.3 Å². The Kier molecular flexibility index (Phi) is 7.07. The summed E-state index contributed by atoms with van der Waals surface area (Å²) in [6.07, 6.45) is 0. The quantitative estimate of drug-likeness (QED) is 0.577. The summed E-state index contributed by atoms with van der Waals surface area (Å²) in [5, 5.41) is 5.60. The molecule has 0 radical (unpaired) electrons. The molecular formula is C21H24N2O3S. The van der Waals surface area contributed by atoms with E-state index in [1.54, 1.807) is 24.3 Å². The molecule has 2 aromatic carbocycles. The average Bonchev–Trinajstić information content (AvgIpc) is 2.59. The van der Waals surface area contributed by atoms with Crippen LogP contribution in [0.25, 0.3) is 0 Å². The van der Waals surface area contributed by atoms with Crippen molar-refractivity contribution in [3.05, 3.63) is 59.2 Å². The number of ketones is 1. The third-order valence-electron chi connectivity index (χ3n) is 4.01. The predicted molar refractivity (Wildman–Crippen MR) is 112 cm³/mol. The van der Waals surface area contributed by atoms with E-state index in [1.165, 1.54) is 12.5 Å². The number of nitrogens with one attached hydrogen (secondary N) is 2. The second-order valence-corrected chi connectivity index (χ2v) is 7.01. The zero-order valence-corrected chi connectivity index (χ0v) is 16.8. The summed E-state index contributed by atoms with van der Waals surface area (Å²) >= 11 is 5.14. The number of thiocarbonyl (C=S) groups is 1. The van der Waals surface area contributed by atoms with Crippen molar-refractivity contribution in [1.29, 1.82) is 0 Å². The van der Waals surface area contributed by atoms with Crippen LogP contribution >= 0.6 is 12.2 Å². The predicted octanol–water partition coefficient (Wildman–Crippen LogP) is 4.21. The Hall–Kier alpha value is -2.73. The first-order valence-electron chi connectivity index (χ1n) is 8.71. The Morgan fingerprint density at radius 2 is 1.89 bits per heavy atom. The SMILES string of the molecule is CC(=O)c1cccc(NC(=S)NC(=O)COc2ccc(C(C)C)c(C)c2)c1. The van der Waals surface area contributed by atoms with Crippen LogP contribution in [0.2, 0.25) is 0 Å². The maximum absolute atomic E-state index is 12.0. The lowest BCUT2D eigenvalue weighted by Gasteiger charge is -2.13. The van der Waals surface area contributed by atoms with Gasteiger partial charge in [-0.25, -0.2) is 0 Å². The first-order valence-corrected chi connectivity index (χ1v) is 9.12. The number of rotatable bonds is 6. The maximum atomic E-state index is 12.0. The van der Waals surface area contributed by atoms with E-state index in [4.69, 9.17) is 17.0 Å². The van der Waals surface area contributed by atoms with E-state index in [0.717, 1.165) is 5.56 Å². The molecule has 0 aromatic heterocycles. The van der Waals surface area contributed by atoms with Crippen molar-refractivity contribution in [2.75, 3.05) is 11.9 Å². The lowest BCUT2D eigenvalue weighted by Crippen LogP contribution is -2.37. The number of amides is 1. The van der Waals surface area contributed by atoms with E-state index < -0.39 is 0 Å². The molecule has 2 N–H and O–H groups in total. The number of anilines is 1. The minimum atomic E-state index is -0.360. The third-order valence-corrected chi connectivity index (χ3v) is 4.22. The molecule has 2 aromatic rings. The number of ether oxygens (including phenoxy) is 1. The van der Waals surface area contributed by atoms with E-state index >= 15 is 0 Å². The van der Waals surface area contributed by atoms with Crippen LogP contribution in [0.4, 0.5) is 5.69 Å². The normalized spacial score (nSPS) is 10.4. The summed E-state index contributed by atoms with van der Waals surface area (Å²) in [4.78, 5) is 23.5. The van der Waals surface area contributed by atoms with E-state index in [2.05, 4.69) is 24.5 Å². The van der Waals surface area contributed by atoms with E-state index in [1.807, 2.05) is 25.1 Å². The molecule has 0 unspecified atom stereocenters. The second-order valence-electron chi connectivity index (χ2n) is 6.60. The first kappa shape index (κ1) is 20.6. The van der Waals surface area contributed by atoms with Crippen molar-refractivity contribution in [3.63, 3.8) is 0 Å². The van der Waals surface area contributed by atoms with Crippen LogP contribution in [0.3, 0.4) is 0 Å². The fourth-order valence-electron chi connectivity index (χ4n) is 2.68. The van der Waals surface area contributed by atoms with Crippen LogP contribution in [-0.4, -0.2) is 23.4 Å². The van der Waals surface area contributed by atoms with Crippen LogP contribution in [0, 0.1) is 6.92 Å². The smallest absolute Gasteiger partial charge is 0.264 e. The van der Waals surface area contributed by atoms with Gasteiger partial charge in [0.2, 0.25) is 0 Å². The van der Waals surface area contributed by atoms with Gasteiger partial charge < -0.3 is 10.1 Å². The second kappa shape index (κ2) is 9.28. The fourth-order valence-corrected chi connectivity index (χ4v) is 2.91. The zero-order chi connectivity index (χ0) is 20.0. The van der Waals surface area contributed by atoms with Crippen molar-refractivity contribution in [2.24, 2.45) is 0 Å². The zero-order valence-electron chi connectivity index (χ0n) is 16.0. The average molecular weight is 385 g/mol. The van der Waals surface area contributed by atoms with Gasteiger partial charge in [-0.3, -0.25) is 14.9 Å². The lowest BCUT2D eigenvalue weighted by atomic mass is 9.98. The molecule has 0 aliphatic heterocycles. The van der Waals surface area contributed by atoms with E-state index in [-0.39, 0.29) is 23.4 Å². The van der Waals surface area contributed by atoms with Crippen molar-refractivity contribution >= 4 is 34.7 Å². The topological polar surface area (TPSA) is 67.4 Å². The van der Waals surface area contributed by atoms with Gasteiger partial charge in [-0.05, 0) is 67.4 Å². The first-order chi connectivity index (χ1) is 12.8. The van der Waals surface area contributed by atoms with Gasteiger partial charge in [0.05, 0.1) is 0 Å². The number of hydrogen-bond donors (Lipinski definition) is 2. The van der Waals surface area contributed by atoms with Crippen molar-refractivity contribution in [1.82, 2.24) is 5.32 Å². The molecule has 0 bridgehead atoms. The molecule has 142 valence electrons. The molecule has 0 saturated heterocycles.